The average molecular weight is 475 g/mol. The predicted octanol–water partition coefficient (Wildman–Crippen LogP) is 5.78. The van der Waals surface area contributed by atoms with E-state index in [0.29, 0.717) is 44.4 Å². The molecule has 5 rings (SSSR count). The molecule has 34 heavy (non-hydrogen) atoms. The van der Waals surface area contributed by atoms with Crippen molar-refractivity contribution in [3.05, 3.63) is 101 Å². The molecule has 0 radical (unpaired) electrons. The Morgan fingerprint density at radius 1 is 1.03 bits per heavy atom. The Morgan fingerprint density at radius 2 is 1.85 bits per heavy atom. The highest BCUT2D eigenvalue weighted by Gasteiger charge is 2.26. The average Bonchev–Trinajstić information content (AvgIpc) is 3.30. The van der Waals surface area contributed by atoms with Crippen LogP contribution in [-0.4, -0.2) is 42.1 Å². The molecule has 0 bridgehead atoms. The van der Waals surface area contributed by atoms with Gasteiger partial charge in [0.15, 0.2) is 0 Å². The topological polar surface area (TPSA) is 54.6 Å². The summed E-state index contributed by atoms with van der Waals surface area (Å²) in [5, 5.41) is 1.70. The van der Waals surface area contributed by atoms with Gasteiger partial charge in [-0.1, -0.05) is 54.1 Å². The molecule has 0 spiro atoms. The third-order valence-corrected chi connectivity index (χ3v) is 6.54. The number of aromatic nitrogens is 1. The lowest BCUT2D eigenvalue weighted by Crippen LogP contribution is -2.41. The van der Waals surface area contributed by atoms with Crippen LogP contribution in [0, 0.1) is 0 Å². The van der Waals surface area contributed by atoms with Crippen molar-refractivity contribution in [1.82, 2.24) is 9.88 Å². The predicted molar refractivity (Wildman–Crippen MR) is 134 cm³/mol. The molecular weight excluding hydrogens is 448 g/mol. The van der Waals surface area contributed by atoms with E-state index in [1.54, 1.807) is 0 Å². The standard InChI is InChI=1S/C28H27ClN2O3/c29-22-9-10-27-25(16-22)26(18-30-27)24(17-28(32)31-11-13-33-14-12-31)21-7-4-8-23(15-21)34-19-20-5-2-1-3-6-20/h1-10,15-16,18,24,30H,11-14,17,19H2/t24-/m1/s1. The van der Waals surface area contributed by atoms with Crippen molar-refractivity contribution in [2.45, 2.75) is 18.9 Å². The number of benzene rings is 3. The van der Waals surface area contributed by atoms with Crippen LogP contribution in [-0.2, 0) is 16.1 Å². The van der Waals surface area contributed by atoms with E-state index < -0.39 is 0 Å². The summed E-state index contributed by atoms with van der Waals surface area (Å²) >= 11 is 6.33. The van der Waals surface area contributed by atoms with Gasteiger partial charge in [0.05, 0.1) is 13.2 Å². The number of carbonyl (C=O) groups is 1. The van der Waals surface area contributed by atoms with Crippen molar-refractivity contribution in [3.63, 3.8) is 0 Å². The third-order valence-electron chi connectivity index (χ3n) is 6.30. The number of morpholine rings is 1. The molecule has 2 heterocycles. The van der Waals surface area contributed by atoms with Crippen molar-refractivity contribution in [3.8, 4) is 5.75 Å². The number of ether oxygens (including phenoxy) is 2. The first-order valence-electron chi connectivity index (χ1n) is 11.6. The minimum absolute atomic E-state index is 0.125. The zero-order valence-corrected chi connectivity index (χ0v) is 19.6. The molecule has 6 heteroatoms. The van der Waals surface area contributed by atoms with Crippen LogP contribution in [0.15, 0.2) is 79.0 Å². The first-order valence-corrected chi connectivity index (χ1v) is 11.9. The van der Waals surface area contributed by atoms with Crippen molar-refractivity contribution < 1.29 is 14.3 Å². The number of amides is 1. The number of hydrogen-bond donors (Lipinski definition) is 1. The first kappa shape index (κ1) is 22.5. The number of halogens is 1. The summed E-state index contributed by atoms with van der Waals surface area (Å²) in [6.07, 6.45) is 2.36. The third kappa shape index (κ3) is 5.11. The van der Waals surface area contributed by atoms with Crippen molar-refractivity contribution in [2.75, 3.05) is 26.3 Å². The molecule has 4 aromatic rings. The smallest absolute Gasteiger partial charge is 0.223 e. The molecule has 1 N–H and O–H groups in total. The van der Waals surface area contributed by atoms with Gasteiger partial charge in [0.25, 0.3) is 0 Å². The van der Waals surface area contributed by atoms with Crippen LogP contribution < -0.4 is 4.74 Å². The van der Waals surface area contributed by atoms with Crippen molar-refractivity contribution in [2.24, 2.45) is 0 Å². The van der Waals surface area contributed by atoms with E-state index in [-0.39, 0.29) is 11.8 Å². The lowest BCUT2D eigenvalue weighted by Gasteiger charge is -2.29. The van der Waals surface area contributed by atoms with Crippen LogP contribution in [0.4, 0.5) is 0 Å². The molecule has 1 aliphatic heterocycles. The minimum Gasteiger partial charge on any atom is -0.489 e. The number of aromatic amines is 1. The maximum Gasteiger partial charge on any atom is 0.223 e. The van der Waals surface area contributed by atoms with Gasteiger partial charge in [-0.2, -0.15) is 0 Å². The van der Waals surface area contributed by atoms with Crippen LogP contribution >= 0.6 is 11.6 Å². The first-order chi connectivity index (χ1) is 16.7. The fourth-order valence-corrected chi connectivity index (χ4v) is 4.66. The van der Waals surface area contributed by atoms with Gasteiger partial charge in [0.2, 0.25) is 5.91 Å². The lowest BCUT2D eigenvalue weighted by atomic mass is 9.87. The van der Waals surface area contributed by atoms with Gasteiger partial charge in [-0.25, -0.2) is 0 Å². The van der Waals surface area contributed by atoms with E-state index in [1.807, 2.05) is 77.8 Å². The molecule has 0 unspecified atom stereocenters. The number of nitrogens with one attached hydrogen (secondary N) is 1. The summed E-state index contributed by atoms with van der Waals surface area (Å²) in [6, 6.07) is 24.0. The monoisotopic (exact) mass is 474 g/mol. The fraction of sp³-hybridized carbons (Fsp3) is 0.250. The number of H-pyrrole nitrogens is 1. The maximum absolute atomic E-state index is 13.3. The molecule has 3 aromatic carbocycles. The van der Waals surface area contributed by atoms with E-state index in [2.05, 4.69) is 11.1 Å². The number of rotatable bonds is 7. The molecule has 1 atom stereocenters. The summed E-state index contributed by atoms with van der Waals surface area (Å²) in [6.45, 7) is 2.92. The second-order valence-electron chi connectivity index (χ2n) is 8.53. The lowest BCUT2D eigenvalue weighted by molar-refractivity contribution is -0.135. The quantitative estimate of drug-likeness (QED) is 0.369. The largest absolute Gasteiger partial charge is 0.489 e. The summed E-state index contributed by atoms with van der Waals surface area (Å²) in [4.78, 5) is 18.5. The normalized spacial score (nSPS) is 14.8. The van der Waals surface area contributed by atoms with Crippen molar-refractivity contribution >= 4 is 28.4 Å². The Labute approximate surface area is 204 Å². The molecule has 174 valence electrons. The molecular formula is C28H27ClN2O3. The molecule has 1 aromatic heterocycles. The molecule has 0 saturated carbocycles. The summed E-state index contributed by atoms with van der Waals surface area (Å²) < 4.78 is 11.5. The van der Waals surface area contributed by atoms with Crippen molar-refractivity contribution in [1.29, 1.82) is 0 Å². The van der Waals surface area contributed by atoms with E-state index in [4.69, 9.17) is 21.1 Å². The fourth-order valence-electron chi connectivity index (χ4n) is 4.49. The van der Waals surface area contributed by atoms with Crippen LogP contribution in [0.2, 0.25) is 5.02 Å². The zero-order chi connectivity index (χ0) is 23.3. The molecule has 1 amide bonds. The molecule has 1 saturated heterocycles. The van der Waals surface area contributed by atoms with E-state index in [9.17, 15) is 4.79 Å². The molecule has 1 fully saturated rings. The van der Waals surface area contributed by atoms with Gasteiger partial charge in [0, 0.05) is 47.6 Å². The minimum atomic E-state index is -0.136. The van der Waals surface area contributed by atoms with E-state index >= 15 is 0 Å². The maximum atomic E-state index is 13.3. The number of fused-ring (bicyclic) bond motifs is 1. The number of carbonyl (C=O) groups excluding carboxylic acids is 1. The van der Waals surface area contributed by atoms with Gasteiger partial charge in [0.1, 0.15) is 12.4 Å². The Morgan fingerprint density at radius 3 is 2.68 bits per heavy atom. The highest BCUT2D eigenvalue weighted by Crippen LogP contribution is 2.36. The highest BCUT2D eigenvalue weighted by molar-refractivity contribution is 6.31. The molecule has 1 aliphatic rings. The van der Waals surface area contributed by atoms with Gasteiger partial charge in [-0.15, -0.1) is 0 Å². The zero-order valence-electron chi connectivity index (χ0n) is 18.9. The second kappa shape index (κ2) is 10.3. The van der Waals surface area contributed by atoms with Crippen LogP contribution in [0.3, 0.4) is 0 Å². The summed E-state index contributed by atoms with van der Waals surface area (Å²) in [7, 11) is 0. The van der Waals surface area contributed by atoms with Gasteiger partial charge >= 0.3 is 0 Å². The highest BCUT2D eigenvalue weighted by atomic mass is 35.5. The second-order valence-corrected chi connectivity index (χ2v) is 8.97. The number of nitrogens with zero attached hydrogens (tertiary/aromatic N) is 1. The van der Waals surface area contributed by atoms with E-state index in [1.165, 1.54) is 0 Å². The molecule has 5 nitrogen and oxygen atoms in total. The number of hydrogen-bond acceptors (Lipinski definition) is 3. The van der Waals surface area contributed by atoms with Crippen LogP contribution in [0.5, 0.6) is 5.75 Å². The van der Waals surface area contributed by atoms with Gasteiger partial charge in [-0.3, -0.25) is 4.79 Å². The SMILES string of the molecule is O=C(C[C@H](c1cccc(OCc2ccccc2)c1)c1c[nH]c2ccc(Cl)cc12)N1CCOCC1. The van der Waals surface area contributed by atoms with Crippen LogP contribution in [0.25, 0.3) is 10.9 Å². The van der Waals surface area contributed by atoms with Gasteiger partial charge in [-0.05, 0) is 47.0 Å². The summed E-state index contributed by atoms with van der Waals surface area (Å²) in [5.41, 5.74) is 4.20. The van der Waals surface area contributed by atoms with Crippen LogP contribution in [0.1, 0.15) is 29.0 Å². The van der Waals surface area contributed by atoms with E-state index in [0.717, 1.165) is 33.3 Å². The molecule has 0 aliphatic carbocycles. The Hall–Kier alpha value is -3.28. The Bertz CT molecular complexity index is 1270. The Balaban J connectivity index is 1.46. The Kier molecular flexibility index (Phi) is 6.84. The summed E-state index contributed by atoms with van der Waals surface area (Å²) in [5.74, 6) is 0.770. The van der Waals surface area contributed by atoms with Gasteiger partial charge < -0.3 is 19.4 Å².